The van der Waals surface area contributed by atoms with Gasteiger partial charge in [0.25, 0.3) is 5.69 Å². The Morgan fingerprint density at radius 2 is 1.96 bits per heavy atom. The second kappa shape index (κ2) is 4.54. The van der Waals surface area contributed by atoms with Crippen LogP contribution < -0.4 is 5.63 Å². The molecule has 0 spiro atoms. The molecule has 1 atom stereocenters. The summed E-state index contributed by atoms with van der Waals surface area (Å²) in [4.78, 5) is 20.7. The third-order valence-corrected chi connectivity index (χ3v) is 5.74. The summed E-state index contributed by atoms with van der Waals surface area (Å²) in [6, 6.07) is 2.94. The molecule has 7 nitrogen and oxygen atoms in total. The number of halogens is 3. The number of nitro benzene ring substituents is 1. The Labute approximate surface area is 125 Å². The molecule has 122 valence electrons. The van der Waals surface area contributed by atoms with Crippen molar-refractivity contribution in [3.8, 4) is 0 Å². The van der Waals surface area contributed by atoms with Crippen LogP contribution >= 0.6 is 0 Å². The van der Waals surface area contributed by atoms with Crippen LogP contribution in [0.4, 0.5) is 18.9 Å². The lowest BCUT2D eigenvalue weighted by Crippen LogP contribution is -2.35. The molecule has 1 aromatic carbocycles. The summed E-state index contributed by atoms with van der Waals surface area (Å²) in [6.07, 6.45) is -6.05. The highest BCUT2D eigenvalue weighted by Gasteiger charge is 2.55. The summed E-state index contributed by atoms with van der Waals surface area (Å²) < 4.78 is 67.5. The van der Waals surface area contributed by atoms with Crippen LogP contribution in [-0.4, -0.2) is 24.8 Å². The number of non-ortho nitro benzene ring substituents is 1. The van der Waals surface area contributed by atoms with Gasteiger partial charge in [0.2, 0.25) is 0 Å². The average Bonchev–Trinajstić information content (AvgIpc) is 2.71. The van der Waals surface area contributed by atoms with Crippen LogP contribution in [0.1, 0.15) is 5.56 Å². The smallest absolute Gasteiger partial charge is 0.406 e. The van der Waals surface area contributed by atoms with Crippen molar-refractivity contribution in [3.63, 3.8) is 0 Å². The van der Waals surface area contributed by atoms with Crippen molar-refractivity contribution >= 4 is 26.5 Å². The van der Waals surface area contributed by atoms with E-state index in [1.165, 1.54) is 0 Å². The number of nitrogens with zero attached hydrogens (tertiary/aromatic N) is 1. The Morgan fingerprint density at radius 1 is 1.30 bits per heavy atom. The highest BCUT2D eigenvalue weighted by Crippen LogP contribution is 2.41. The molecule has 11 heteroatoms. The minimum Gasteiger partial charge on any atom is -0.422 e. The van der Waals surface area contributed by atoms with Gasteiger partial charge in [0.15, 0.2) is 20.0 Å². The second-order valence-electron chi connectivity index (χ2n) is 4.91. The summed E-state index contributed by atoms with van der Waals surface area (Å²) in [7, 11) is -4.96. The summed E-state index contributed by atoms with van der Waals surface area (Å²) in [5.41, 5.74) is -2.48. The van der Waals surface area contributed by atoms with Crippen LogP contribution in [0, 0.1) is 10.1 Å². The fraction of sp³-hybridized carbons (Fsp3) is 0.250. The quantitative estimate of drug-likeness (QED) is 0.442. The van der Waals surface area contributed by atoms with Crippen molar-refractivity contribution < 1.29 is 30.9 Å². The van der Waals surface area contributed by atoms with Crippen LogP contribution in [0.3, 0.4) is 0 Å². The van der Waals surface area contributed by atoms with Crippen LogP contribution in [0.15, 0.2) is 32.3 Å². The first-order valence-corrected chi connectivity index (χ1v) is 7.63. The van der Waals surface area contributed by atoms with Crippen molar-refractivity contribution in [1.29, 1.82) is 0 Å². The molecule has 0 aliphatic carbocycles. The fourth-order valence-corrected chi connectivity index (χ4v) is 4.40. The van der Waals surface area contributed by atoms with Gasteiger partial charge < -0.3 is 4.42 Å². The Morgan fingerprint density at radius 3 is 2.52 bits per heavy atom. The van der Waals surface area contributed by atoms with Crippen LogP contribution in [0.5, 0.6) is 0 Å². The highest BCUT2D eigenvalue weighted by atomic mass is 32.2. The number of hydrogen-bond donors (Lipinski definition) is 0. The van der Waals surface area contributed by atoms with Crippen molar-refractivity contribution in [2.75, 3.05) is 0 Å². The molecule has 0 radical (unpaired) electrons. The molecule has 0 bridgehead atoms. The summed E-state index contributed by atoms with van der Waals surface area (Å²) in [5.74, 6) is 0. The molecular formula is C12H6F3NO6S. The summed E-state index contributed by atoms with van der Waals surface area (Å²) >= 11 is 0. The molecule has 0 fully saturated rings. The van der Waals surface area contributed by atoms with Crippen LogP contribution in [0.2, 0.25) is 0 Å². The molecule has 0 saturated heterocycles. The van der Waals surface area contributed by atoms with Gasteiger partial charge >= 0.3 is 11.8 Å². The first-order valence-electron chi connectivity index (χ1n) is 6.08. The molecule has 3 rings (SSSR count). The number of nitro groups is 1. The standard InChI is InChI=1S/C12H6F3NO6S/c13-12(14,15)9-4-7-6-3-5(16(18)19)1-2-8(6)22-11(17)10(7)23(9,20)21/h1-3,9H,4H2. The first kappa shape index (κ1) is 15.5. The molecular weight excluding hydrogens is 343 g/mol. The minimum absolute atomic E-state index is 0.191. The maximum absolute atomic E-state index is 12.9. The number of sulfone groups is 1. The van der Waals surface area contributed by atoms with E-state index in [2.05, 4.69) is 0 Å². The Hall–Kier alpha value is -2.43. The van der Waals surface area contributed by atoms with Gasteiger partial charge in [0.1, 0.15) is 5.58 Å². The lowest BCUT2D eigenvalue weighted by atomic mass is 10.0. The summed E-state index contributed by atoms with van der Waals surface area (Å²) in [5, 5.41) is 7.82. The van der Waals surface area contributed by atoms with Crippen molar-refractivity contribution in [1.82, 2.24) is 0 Å². The zero-order valence-corrected chi connectivity index (χ0v) is 11.8. The minimum atomic E-state index is -5.07. The SMILES string of the molecule is O=c1oc2ccc([N+](=O)[O-])cc2c2c1S(=O)(=O)C(C(F)(F)F)C2. The molecule has 2 heterocycles. The van der Waals surface area contributed by atoms with Gasteiger partial charge in [-0.25, -0.2) is 13.2 Å². The van der Waals surface area contributed by atoms with E-state index in [0.29, 0.717) is 0 Å². The maximum Gasteiger partial charge on any atom is 0.406 e. The molecule has 0 saturated carbocycles. The zero-order chi connectivity index (χ0) is 17.2. The molecule has 2 aromatic rings. The lowest BCUT2D eigenvalue weighted by molar-refractivity contribution is -0.384. The predicted molar refractivity (Wildman–Crippen MR) is 69.9 cm³/mol. The monoisotopic (exact) mass is 349 g/mol. The Kier molecular flexibility index (Phi) is 3.05. The van der Waals surface area contributed by atoms with E-state index in [1.54, 1.807) is 0 Å². The van der Waals surface area contributed by atoms with Gasteiger partial charge in [-0.1, -0.05) is 0 Å². The third-order valence-electron chi connectivity index (χ3n) is 3.57. The first-order chi connectivity index (χ1) is 10.5. The largest absolute Gasteiger partial charge is 0.422 e. The molecule has 1 aromatic heterocycles. The Balaban J connectivity index is 2.40. The lowest BCUT2D eigenvalue weighted by Gasteiger charge is -2.12. The van der Waals surface area contributed by atoms with Gasteiger partial charge in [-0.15, -0.1) is 0 Å². The maximum atomic E-state index is 12.9. The molecule has 23 heavy (non-hydrogen) atoms. The molecule has 1 aliphatic rings. The topological polar surface area (TPSA) is 107 Å². The van der Waals surface area contributed by atoms with Gasteiger partial charge in [-0.2, -0.15) is 13.2 Å². The normalized spacial score (nSPS) is 19.7. The van der Waals surface area contributed by atoms with E-state index < -0.39 is 54.4 Å². The number of alkyl halides is 3. The van der Waals surface area contributed by atoms with E-state index in [9.17, 15) is 36.5 Å². The van der Waals surface area contributed by atoms with E-state index >= 15 is 0 Å². The van der Waals surface area contributed by atoms with Gasteiger partial charge in [-0.3, -0.25) is 10.1 Å². The Bertz CT molecular complexity index is 1010. The van der Waals surface area contributed by atoms with E-state index in [-0.39, 0.29) is 11.0 Å². The number of benzene rings is 1. The van der Waals surface area contributed by atoms with E-state index in [0.717, 1.165) is 18.2 Å². The van der Waals surface area contributed by atoms with Crippen molar-refractivity contribution in [3.05, 3.63) is 44.3 Å². The average molecular weight is 349 g/mol. The van der Waals surface area contributed by atoms with Gasteiger partial charge in [0.05, 0.1) is 4.92 Å². The molecule has 0 amide bonds. The van der Waals surface area contributed by atoms with E-state index in [1.807, 2.05) is 0 Å². The van der Waals surface area contributed by atoms with Gasteiger partial charge in [-0.05, 0) is 11.6 Å². The molecule has 1 aliphatic heterocycles. The van der Waals surface area contributed by atoms with E-state index in [4.69, 9.17) is 4.42 Å². The fourth-order valence-electron chi connectivity index (χ4n) is 2.57. The van der Waals surface area contributed by atoms with Gasteiger partial charge in [0, 0.05) is 23.9 Å². The second-order valence-corrected chi connectivity index (χ2v) is 6.98. The molecule has 1 unspecified atom stereocenters. The zero-order valence-electron chi connectivity index (χ0n) is 11.0. The number of hydrogen-bond acceptors (Lipinski definition) is 6. The third kappa shape index (κ3) is 2.19. The molecule has 0 N–H and O–H groups in total. The summed E-state index contributed by atoms with van der Waals surface area (Å²) in [6.45, 7) is 0. The highest BCUT2D eigenvalue weighted by molar-refractivity contribution is 7.92. The van der Waals surface area contributed by atoms with Crippen molar-refractivity contribution in [2.24, 2.45) is 0 Å². The van der Waals surface area contributed by atoms with Crippen LogP contribution in [-0.2, 0) is 16.3 Å². The number of rotatable bonds is 1. The number of fused-ring (bicyclic) bond motifs is 3. The van der Waals surface area contributed by atoms with Crippen molar-refractivity contribution in [2.45, 2.75) is 22.7 Å². The van der Waals surface area contributed by atoms with Crippen LogP contribution in [0.25, 0.3) is 11.0 Å². The predicted octanol–water partition coefficient (Wildman–Crippen LogP) is 1.96.